The molecular weight excluding hydrogens is 732 g/mol. The topological polar surface area (TPSA) is 166 Å². The number of aromatic nitrogens is 3. The van der Waals surface area contributed by atoms with E-state index in [0.29, 0.717) is 19.5 Å². The molecule has 22 heteroatoms. The number of hydrogen-bond donors (Lipinski definition) is 3. The minimum Gasteiger partial charge on any atom is -0.475 e. The zero-order valence-corrected chi connectivity index (χ0v) is 26.6. The Labute approximate surface area is 286 Å². The highest BCUT2D eigenvalue weighted by Crippen LogP contribution is 2.41. The fourth-order valence-corrected chi connectivity index (χ4v) is 4.99. The highest BCUT2D eigenvalue weighted by molar-refractivity contribution is 5.78. The summed E-state index contributed by atoms with van der Waals surface area (Å²) in [5, 5.41) is 21.4. The second-order valence-electron chi connectivity index (χ2n) is 10.9. The van der Waals surface area contributed by atoms with E-state index in [4.69, 9.17) is 34.7 Å². The van der Waals surface area contributed by atoms with Crippen LogP contribution in [0.15, 0.2) is 54.9 Å². The molecule has 286 valence electrons. The zero-order chi connectivity index (χ0) is 39.7. The third-order valence-corrected chi connectivity index (χ3v) is 7.51. The van der Waals surface area contributed by atoms with Crippen LogP contribution in [0.3, 0.4) is 0 Å². The highest BCUT2D eigenvalue weighted by Gasteiger charge is 2.46. The molecule has 5 rings (SSSR count). The summed E-state index contributed by atoms with van der Waals surface area (Å²) in [6.07, 6.45) is -9.67. The third-order valence-electron chi connectivity index (χ3n) is 7.51. The number of likely N-dealkylation sites (tertiary alicyclic amines) is 1. The molecular formula is C30H29F10N5O7. The van der Waals surface area contributed by atoms with Gasteiger partial charge in [0.2, 0.25) is 5.91 Å². The number of likely N-dealkylation sites (N-methyl/N-ethyl adjacent to an activating group) is 1. The second kappa shape index (κ2) is 17.3. The Morgan fingerprint density at radius 1 is 0.750 bits per heavy atom. The van der Waals surface area contributed by atoms with E-state index in [1.54, 1.807) is 18.3 Å². The van der Waals surface area contributed by atoms with E-state index < -0.39 is 36.4 Å². The van der Waals surface area contributed by atoms with E-state index >= 15 is 0 Å². The number of benzene rings is 1. The number of amides is 1. The molecule has 1 saturated heterocycles. The van der Waals surface area contributed by atoms with Crippen LogP contribution in [-0.2, 0) is 37.7 Å². The Bertz CT molecular complexity index is 1630. The normalized spacial score (nSPS) is 15.4. The SMILES string of the molecule is CN1CCn2c(-c3cccc(F)c3)cnc2C12CCN(C(=O)Cc1ccccn1)CC2.O=C(O)C(F)(F)F.O=C(O)C(F)(F)F.O=C(O)C(F)(F)F. The van der Waals surface area contributed by atoms with Gasteiger partial charge in [-0.05, 0) is 44.2 Å². The molecule has 3 N–H and O–H groups in total. The summed E-state index contributed by atoms with van der Waals surface area (Å²) >= 11 is 0. The van der Waals surface area contributed by atoms with E-state index in [-0.39, 0.29) is 17.3 Å². The van der Waals surface area contributed by atoms with Gasteiger partial charge < -0.3 is 24.8 Å². The molecule has 1 amide bonds. The van der Waals surface area contributed by atoms with Gasteiger partial charge in [-0.25, -0.2) is 23.8 Å². The molecule has 1 fully saturated rings. The first-order valence-corrected chi connectivity index (χ1v) is 14.5. The van der Waals surface area contributed by atoms with Crippen LogP contribution in [0, 0.1) is 5.82 Å². The number of pyridine rings is 1. The smallest absolute Gasteiger partial charge is 0.475 e. The van der Waals surface area contributed by atoms with Crippen LogP contribution in [0.5, 0.6) is 0 Å². The van der Waals surface area contributed by atoms with Crippen molar-refractivity contribution in [3.8, 4) is 11.3 Å². The average molecular weight is 762 g/mol. The van der Waals surface area contributed by atoms with E-state index in [2.05, 4.69) is 21.5 Å². The molecule has 4 heterocycles. The predicted molar refractivity (Wildman–Crippen MR) is 157 cm³/mol. The molecule has 0 saturated carbocycles. The molecule has 0 unspecified atom stereocenters. The van der Waals surface area contributed by atoms with Crippen LogP contribution in [-0.4, -0.2) is 109 Å². The lowest BCUT2D eigenvalue weighted by Crippen LogP contribution is -2.57. The number of carboxylic acids is 3. The molecule has 2 aromatic heterocycles. The van der Waals surface area contributed by atoms with Gasteiger partial charge in [-0.15, -0.1) is 0 Å². The predicted octanol–water partition coefficient (Wildman–Crippen LogP) is 4.99. The molecule has 1 aromatic carbocycles. The molecule has 0 aliphatic carbocycles. The van der Waals surface area contributed by atoms with Crippen LogP contribution in [0.4, 0.5) is 43.9 Å². The van der Waals surface area contributed by atoms with E-state index in [1.165, 1.54) is 6.07 Å². The van der Waals surface area contributed by atoms with Crippen LogP contribution in [0.2, 0.25) is 0 Å². The number of piperidine rings is 1. The fraction of sp³-hybridized carbons (Fsp3) is 0.400. The van der Waals surface area contributed by atoms with Crippen LogP contribution in [0.1, 0.15) is 24.4 Å². The molecule has 0 radical (unpaired) electrons. The van der Waals surface area contributed by atoms with Crippen LogP contribution >= 0.6 is 0 Å². The van der Waals surface area contributed by atoms with Gasteiger partial charge in [-0.3, -0.25) is 14.7 Å². The zero-order valence-electron chi connectivity index (χ0n) is 26.6. The number of alkyl halides is 9. The van der Waals surface area contributed by atoms with Crippen molar-refractivity contribution in [1.82, 2.24) is 24.3 Å². The monoisotopic (exact) mass is 761 g/mol. The minimum absolute atomic E-state index is 0.121. The van der Waals surface area contributed by atoms with Gasteiger partial charge in [-0.1, -0.05) is 18.2 Å². The largest absolute Gasteiger partial charge is 0.490 e. The number of rotatable bonds is 3. The Balaban J connectivity index is 0.000000365. The molecule has 1 spiro atoms. The first kappa shape index (κ1) is 42.9. The van der Waals surface area contributed by atoms with Crippen LogP contribution in [0.25, 0.3) is 11.3 Å². The Morgan fingerprint density at radius 2 is 1.27 bits per heavy atom. The number of halogens is 10. The van der Waals surface area contributed by atoms with E-state index in [9.17, 15) is 48.7 Å². The summed E-state index contributed by atoms with van der Waals surface area (Å²) < 4.78 is 111. The summed E-state index contributed by atoms with van der Waals surface area (Å²) in [6.45, 7) is 3.10. The van der Waals surface area contributed by atoms with Gasteiger partial charge in [0.1, 0.15) is 11.6 Å². The maximum Gasteiger partial charge on any atom is 0.490 e. The summed E-state index contributed by atoms with van der Waals surface area (Å²) in [5.74, 6) is -7.36. The highest BCUT2D eigenvalue weighted by atomic mass is 19.4. The number of imidazole rings is 1. The van der Waals surface area contributed by atoms with E-state index in [1.807, 2.05) is 35.4 Å². The summed E-state index contributed by atoms with van der Waals surface area (Å²) in [7, 11) is 2.14. The van der Waals surface area contributed by atoms with Crippen molar-refractivity contribution in [1.29, 1.82) is 0 Å². The van der Waals surface area contributed by atoms with Crippen molar-refractivity contribution in [3.63, 3.8) is 0 Å². The Kier molecular flexibility index (Phi) is 14.3. The van der Waals surface area contributed by atoms with Gasteiger partial charge in [-0.2, -0.15) is 39.5 Å². The lowest BCUT2D eigenvalue weighted by atomic mass is 9.83. The second-order valence-corrected chi connectivity index (χ2v) is 10.9. The number of nitrogens with zero attached hydrogens (tertiary/aromatic N) is 5. The lowest BCUT2D eigenvalue weighted by molar-refractivity contribution is -0.193. The van der Waals surface area contributed by atoms with Crippen molar-refractivity contribution in [3.05, 3.63) is 72.2 Å². The standard InChI is InChI=1S/C24H26FN5O.3C2HF3O2/c1-28-13-14-30-21(18-5-4-6-19(25)15-18)17-27-23(30)24(28)8-11-29(12-9-24)22(31)16-20-7-2-3-10-26-20;3*3-2(4,5)1(6)7/h2-7,10,15,17H,8-9,11-14,16H2,1H3;3*(H,6,7). The number of carbonyl (C=O) groups excluding carboxylic acids is 1. The first-order chi connectivity index (χ1) is 23.9. The summed E-state index contributed by atoms with van der Waals surface area (Å²) in [5.41, 5.74) is 2.40. The van der Waals surface area contributed by atoms with Crippen molar-refractivity contribution < 1.29 is 78.4 Å². The van der Waals surface area contributed by atoms with Gasteiger partial charge >= 0.3 is 36.4 Å². The summed E-state index contributed by atoms with van der Waals surface area (Å²) in [6, 6.07) is 12.4. The fourth-order valence-electron chi connectivity index (χ4n) is 4.99. The van der Waals surface area contributed by atoms with Crippen molar-refractivity contribution in [2.75, 3.05) is 26.7 Å². The van der Waals surface area contributed by atoms with Crippen molar-refractivity contribution in [2.45, 2.75) is 49.9 Å². The average Bonchev–Trinajstić information content (AvgIpc) is 3.49. The van der Waals surface area contributed by atoms with Crippen LogP contribution < -0.4 is 0 Å². The molecule has 0 atom stereocenters. The number of aliphatic carboxylic acids is 3. The van der Waals surface area contributed by atoms with Crippen molar-refractivity contribution >= 4 is 23.8 Å². The maximum absolute atomic E-state index is 13.8. The molecule has 0 bridgehead atoms. The summed E-state index contributed by atoms with van der Waals surface area (Å²) in [4.78, 5) is 52.9. The molecule has 52 heavy (non-hydrogen) atoms. The quantitative estimate of drug-likeness (QED) is 0.310. The first-order valence-electron chi connectivity index (χ1n) is 14.5. The van der Waals surface area contributed by atoms with E-state index in [0.717, 1.165) is 48.7 Å². The lowest BCUT2D eigenvalue weighted by Gasteiger charge is -2.49. The van der Waals surface area contributed by atoms with Gasteiger partial charge in [0.05, 0.1) is 23.9 Å². The van der Waals surface area contributed by atoms with Crippen molar-refractivity contribution in [2.24, 2.45) is 0 Å². The molecule has 2 aliphatic heterocycles. The molecule has 12 nitrogen and oxygen atoms in total. The minimum atomic E-state index is -5.08. The van der Waals surface area contributed by atoms with Gasteiger partial charge in [0.15, 0.2) is 0 Å². The molecule has 2 aliphatic rings. The number of carbonyl (C=O) groups is 4. The third kappa shape index (κ3) is 11.9. The number of hydrogen-bond acceptors (Lipinski definition) is 7. The number of fused-ring (bicyclic) bond motifs is 2. The van der Waals surface area contributed by atoms with Gasteiger partial charge in [0, 0.05) is 43.6 Å². The van der Waals surface area contributed by atoms with Gasteiger partial charge in [0.25, 0.3) is 0 Å². The maximum atomic E-state index is 13.8. The molecule has 3 aromatic rings. The Morgan fingerprint density at radius 3 is 1.71 bits per heavy atom. The number of carboxylic acid groups (broad SMARTS) is 3. The Hall–Kier alpha value is -5.28.